The monoisotopic (exact) mass is 376 g/mol. The number of anilines is 1. The zero-order chi connectivity index (χ0) is 20.1. The zero-order valence-corrected chi connectivity index (χ0v) is 17.3. The van der Waals surface area contributed by atoms with Crippen LogP contribution in [0, 0.1) is 23.7 Å². The van der Waals surface area contributed by atoms with Gasteiger partial charge in [0.2, 0.25) is 0 Å². The average Bonchev–Trinajstić information content (AvgIpc) is 3.18. The fourth-order valence-electron chi connectivity index (χ4n) is 4.03. The molecule has 3 rings (SSSR count). The first-order chi connectivity index (χ1) is 13.5. The summed E-state index contributed by atoms with van der Waals surface area (Å²) < 4.78 is 0. The highest BCUT2D eigenvalue weighted by Crippen LogP contribution is 2.39. The molecular weight excluding hydrogens is 344 g/mol. The highest BCUT2D eigenvalue weighted by atomic mass is 16.1. The lowest BCUT2D eigenvalue weighted by Gasteiger charge is -2.23. The first kappa shape index (κ1) is 20.1. The Morgan fingerprint density at radius 3 is 2.79 bits per heavy atom. The molecule has 1 unspecified atom stereocenters. The van der Waals surface area contributed by atoms with Crippen LogP contribution in [0.4, 0.5) is 5.69 Å². The molecule has 1 N–H and O–H groups in total. The average molecular weight is 377 g/mol. The van der Waals surface area contributed by atoms with Crippen molar-refractivity contribution in [3.63, 3.8) is 0 Å². The van der Waals surface area contributed by atoms with E-state index in [9.17, 15) is 4.79 Å². The van der Waals surface area contributed by atoms with Crippen LogP contribution in [0.15, 0.2) is 52.7 Å². The van der Waals surface area contributed by atoms with Crippen molar-refractivity contribution in [1.29, 1.82) is 0 Å². The largest absolute Gasteiger partial charge is 0.321 e. The van der Waals surface area contributed by atoms with Gasteiger partial charge >= 0.3 is 0 Å². The van der Waals surface area contributed by atoms with E-state index in [-0.39, 0.29) is 7.33 Å². The van der Waals surface area contributed by atoms with E-state index >= 15 is 0 Å². The summed E-state index contributed by atoms with van der Waals surface area (Å²) in [5.41, 5.74) is 6.14. The number of hydrogen-bond acceptors (Lipinski definition) is 2. The van der Waals surface area contributed by atoms with E-state index in [2.05, 4.69) is 43.7 Å². The number of nitrogens with zero attached hydrogens (tertiary/aromatic N) is 1. The smallest absolute Gasteiger partial charge is 0.269 e. The van der Waals surface area contributed by atoms with Gasteiger partial charge in [-0.15, -0.1) is 11.8 Å². The van der Waals surface area contributed by atoms with Gasteiger partial charge in [0, 0.05) is 25.7 Å². The molecule has 0 bridgehead atoms. The molecule has 0 spiro atoms. The van der Waals surface area contributed by atoms with Gasteiger partial charge in [-0.05, 0) is 69.1 Å². The first-order valence-corrected chi connectivity index (χ1v) is 10.3. The Kier molecular flexibility index (Phi) is 6.52. The lowest BCUT2D eigenvalue weighted by atomic mass is 9.80. The summed E-state index contributed by atoms with van der Waals surface area (Å²) in [7, 11) is 0. The maximum absolute atomic E-state index is 12.6. The van der Waals surface area contributed by atoms with Crippen LogP contribution in [0.2, 0.25) is 0 Å². The second-order valence-corrected chi connectivity index (χ2v) is 7.92. The number of hydrogen-bond donors (Lipinski definition) is 1. The Hall–Kier alpha value is -2.60. The van der Waals surface area contributed by atoms with Crippen LogP contribution < -0.4 is 5.32 Å². The number of aliphatic imine (C=N–C) groups is 1. The molecule has 2 aliphatic rings. The van der Waals surface area contributed by atoms with Crippen molar-refractivity contribution >= 4 is 17.3 Å². The van der Waals surface area contributed by atoms with Crippen molar-refractivity contribution in [2.75, 3.05) is 5.32 Å². The van der Waals surface area contributed by atoms with Crippen LogP contribution in [0.5, 0.6) is 0 Å². The third-order valence-electron chi connectivity index (χ3n) is 5.87. The van der Waals surface area contributed by atoms with Gasteiger partial charge in [-0.25, -0.2) is 0 Å². The molecule has 0 aliphatic heterocycles. The summed E-state index contributed by atoms with van der Waals surface area (Å²) in [5.74, 6) is 7.36. The van der Waals surface area contributed by atoms with E-state index in [4.69, 9.17) is 4.99 Å². The molecule has 0 aromatic heterocycles. The molecule has 3 nitrogen and oxygen atoms in total. The Labute approximate surface area is 170 Å². The van der Waals surface area contributed by atoms with Gasteiger partial charge in [0.05, 0.1) is 0 Å². The minimum atomic E-state index is -0.141. The van der Waals surface area contributed by atoms with Crippen LogP contribution in [0.3, 0.4) is 0 Å². The van der Waals surface area contributed by atoms with E-state index in [1.165, 1.54) is 16.7 Å². The predicted molar refractivity (Wildman–Crippen MR) is 119 cm³/mol. The number of carbonyl (C=O) groups is 1. The van der Waals surface area contributed by atoms with Crippen molar-refractivity contribution < 1.29 is 6.22 Å². The van der Waals surface area contributed by atoms with Gasteiger partial charge < -0.3 is 5.32 Å². The number of benzene rings is 1. The van der Waals surface area contributed by atoms with Gasteiger partial charge in [0.25, 0.3) is 5.91 Å². The zero-order valence-electron chi connectivity index (χ0n) is 17.3. The van der Waals surface area contributed by atoms with Crippen molar-refractivity contribution in [3.8, 4) is 11.8 Å². The molecule has 0 saturated heterocycles. The Morgan fingerprint density at radius 2 is 2.07 bits per heavy atom. The molecule has 28 heavy (non-hydrogen) atoms. The van der Waals surface area contributed by atoms with Gasteiger partial charge in [-0.1, -0.05) is 36.8 Å². The van der Waals surface area contributed by atoms with Crippen molar-refractivity contribution in [2.24, 2.45) is 16.8 Å². The first-order valence-electron chi connectivity index (χ1n) is 10.3. The maximum Gasteiger partial charge on any atom is 0.269 e. The molecule has 1 aromatic rings. The van der Waals surface area contributed by atoms with E-state index in [1.807, 2.05) is 18.2 Å². The number of amides is 1. The summed E-state index contributed by atoms with van der Waals surface area (Å²) in [4.78, 5) is 17.3. The minimum Gasteiger partial charge on any atom is -0.321 e. The Balaban J connectivity index is 0.00000300. The van der Waals surface area contributed by atoms with Gasteiger partial charge in [0.1, 0.15) is 5.71 Å². The molecule has 1 amide bonds. The molecule has 1 atom stereocenters. The van der Waals surface area contributed by atoms with Crippen molar-refractivity contribution in [2.45, 2.75) is 59.3 Å². The van der Waals surface area contributed by atoms with Crippen LogP contribution in [-0.4, -0.2) is 11.6 Å². The summed E-state index contributed by atoms with van der Waals surface area (Å²) >= 11 is 0. The molecule has 1 aromatic carbocycles. The molecule has 0 fully saturated rings. The summed E-state index contributed by atoms with van der Waals surface area (Å²) in [6, 6.07) is 7.96. The standard InChI is InChI=1S/C25H30N2O.H2/c1-5-20-9-8-12-22(16-20)27-25(28)19(4)26-24-14-13-17(2)23(15-18(24)3)21-10-6-7-11-21;/h8-9,12,16,21,23H,2,5,10-11,13-15H2,1,3-4H3,(H,27,28);1H. The second kappa shape index (κ2) is 9.06. The number of aryl methyl sites for hydroxylation is 1. The Morgan fingerprint density at radius 1 is 1.32 bits per heavy atom. The lowest BCUT2D eigenvalue weighted by molar-refractivity contribution is -0.110. The lowest BCUT2D eigenvalue weighted by Crippen LogP contribution is -2.20. The fourth-order valence-corrected chi connectivity index (χ4v) is 4.03. The topological polar surface area (TPSA) is 41.5 Å². The van der Waals surface area contributed by atoms with Crippen LogP contribution in [0.1, 0.15) is 59.9 Å². The molecule has 0 saturated carbocycles. The summed E-state index contributed by atoms with van der Waals surface area (Å²) in [6.07, 6.45) is 5.66. The highest BCUT2D eigenvalue weighted by molar-refractivity contribution is 6.42. The fraction of sp³-hybridized carbons (Fsp3) is 0.440. The maximum atomic E-state index is 12.6. The van der Waals surface area contributed by atoms with E-state index in [1.54, 1.807) is 6.92 Å². The molecule has 2 aliphatic carbocycles. The second-order valence-electron chi connectivity index (χ2n) is 7.92. The van der Waals surface area contributed by atoms with Crippen molar-refractivity contribution in [3.05, 3.63) is 53.3 Å². The molecule has 0 radical (unpaired) electrons. The number of allylic oxidation sites excluding steroid dienone is 3. The molecule has 3 heteroatoms. The normalized spacial score (nSPS) is 20.6. The van der Waals surface area contributed by atoms with Crippen LogP contribution in [-0.2, 0) is 11.2 Å². The quantitative estimate of drug-likeness (QED) is 0.386. The van der Waals surface area contributed by atoms with Gasteiger partial charge in [0.15, 0.2) is 0 Å². The van der Waals surface area contributed by atoms with Gasteiger partial charge in [-0.3, -0.25) is 9.79 Å². The summed E-state index contributed by atoms with van der Waals surface area (Å²) in [5, 5.41) is 2.97. The van der Waals surface area contributed by atoms with E-state index in [0.29, 0.717) is 17.5 Å². The third kappa shape index (κ3) is 4.81. The number of carbonyl (C=O) groups excluding carboxylic acids is 1. The predicted octanol–water partition coefficient (Wildman–Crippen LogP) is 5.94. The van der Waals surface area contributed by atoms with Gasteiger partial charge in [-0.2, -0.15) is 0 Å². The summed E-state index contributed by atoms with van der Waals surface area (Å²) in [6.45, 7) is 10.4. The molecule has 148 valence electrons. The minimum absolute atomic E-state index is 0. The third-order valence-corrected chi connectivity index (χ3v) is 5.87. The molecular formula is C25H32N2O. The van der Waals surface area contributed by atoms with Crippen LogP contribution in [0.25, 0.3) is 0 Å². The number of nitrogens with one attached hydrogen (secondary N) is 1. The van der Waals surface area contributed by atoms with E-state index in [0.717, 1.165) is 49.9 Å². The van der Waals surface area contributed by atoms with Crippen LogP contribution >= 0.6 is 0 Å². The van der Waals surface area contributed by atoms with E-state index < -0.39 is 0 Å². The SMILES string of the molecule is C=C1CCC(N=C(C)C(=O)Nc2cccc(CC)c2)=C(C)CC1C1CC#CC1.[HH]. The van der Waals surface area contributed by atoms with Crippen molar-refractivity contribution in [1.82, 2.24) is 0 Å². The highest BCUT2D eigenvalue weighted by Gasteiger charge is 2.28. The number of rotatable bonds is 5. The Bertz CT molecular complexity index is 891. The molecule has 0 heterocycles.